The average molecular weight is 266 g/mol. The van der Waals surface area contributed by atoms with E-state index < -0.39 is 0 Å². The van der Waals surface area contributed by atoms with Crippen LogP contribution in [-0.2, 0) is 0 Å². The summed E-state index contributed by atoms with van der Waals surface area (Å²) in [6, 6.07) is 9.44. The molecule has 2 aromatic heterocycles. The summed E-state index contributed by atoms with van der Waals surface area (Å²) in [4.78, 5) is 21.0. The number of ketones is 1. The summed E-state index contributed by atoms with van der Waals surface area (Å²) in [5, 5.41) is 1.90. The quantitative estimate of drug-likeness (QED) is 0.537. The van der Waals surface area contributed by atoms with E-state index in [-0.39, 0.29) is 5.78 Å². The molecule has 0 saturated heterocycles. The number of fused-ring (bicyclic) bond motifs is 1. The fraction of sp³-hybridized carbons (Fsp3) is 0. The normalized spacial score (nSPS) is 11.2. The van der Waals surface area contributed by atoms with Gasteiger partial charge in [0.25, 0.3) is 0 Å². The Morgan fingerprint density at radius 1 is 1.11 bits per heavy atom. The standard InChI is InChI=1S/C15H10N2OS/c18-14(15-2-1-9-19-15)6-4-11-3-5-12-13(10-11)17-8-7-16-12/h1-10H/b6-4+. The molecule has 0 amide bonds. The Morgan fingerprint density at radius 3 is 2.74 bits per heavy atom. The van der Waals surface area contributed by atoms with Crippen LogP contribution in [0.2, 0.25) is 0 Å². The van der Waals surface area contributed by atoms with Crippen molar-refractivity contribution in [3.05, 3.63) is 64.6 Å². The Hall–Kier alpha value is -2.33. The highest BCUT2D eigenvalue weighted by Gasteiger charge is 2.02. The molecule has 2 heterocycles. The number of carbonyl (C=O) groups excluding carboxylic acids is 1. The lowest BCUT2D eigenvalue weighted by atomic mass is 10.1. The zero-order valence-electron chi connectivity index (χ0n) is 9.98. The Morgan fingerprint density at radius 2 is 1.95 bits per heavy atom. The lowest BCUT2D eigenvalue weighted by molar-refractivity contribution is 0.105. The number of carbonyl (C=O) groups is 1. The van der Waals surface area contributed by atoms with Gasteiger partial charge in [0, 0.05) is 12.4 Å². The molecule has 0 radical (unpaired) electrons. The van der Waals surface area contributed by atoms with E-state index in [4.69, 9.17) is 0 Å². The lowest BCUT2D eigenvalue weighted by Gasteiger charge is -1.97. The van der Waals surface area contributed by atoms with E-state index in [1.807, 2.05) is 35.7 Å². The second-order valence-corrected chi connectivity index (χ2v) is 4.93. The van der Waals surface area contributed by atoms with E-state index >= 15 is 0 Å². The van der Waals surface area contributed by atoms with E-state index in [9.17, 15) is 4.79 Å². The minimum atomic E-state index is 0.0224. The van der Waals surface area contributed by atoms with Crippen molar-refractivity contribution in [1.82, 2.24) is 9.97 Å². The summed E-state index contributed by atoms with van der Waals surface area (Å²) < 4.78 is 0. The summed E-state index contributed by atoms with van der Waals surface area (Å²) in [7, 11) is 0. The zero-order chi connectivity index (χ0) is 13.1. The van der Waals surface area contributed by atoms with Gasteiger partial charge in [-0.3, -0.25) is 14.8 Å². The van der Waals surface area contributed by atoms with Gasteiger partial charge in [0.05, 0.1) is 15.9 Å². The van der Waals surface area contributed by atoms with Gasteiger partial charge in [-0.25, -0.2) is 0 Å². The molecule has 3 nitrogen and oxygen atoms in total. The Balaban J connectivity index is 1.87. The fourth-order valence-corrected chi connectivity index (χ4v) is 2.40. The maximum Gasteiger partial charge on any atom is 0.195 e. The third kappa shape index (κ3) is 2.58. The van der Waals surface area contributed by atoms with Crippen molar-refractivity contribution in [3.63, 3.8) is 0 Å². The number of allylic oxidation sites excluding steroid dienone is 1. The van der Waals surface area contributed by atoms with Crippen LogP contribution in [-0.4, -0.2) is 15.8 Å². The number of aromatic nitrogens is 2. The van der Waals surface area contributed by atoms with Gasteiger partial charge in [0.2, 0.25) is 0 Å². The van der Waals surface area contributed by atoms with Crippen LogP contribution in [0, 0.1) is 0 Å². The van der Waals surface area contributed by atoms with Gasteiger partial charge in [-0.1, -0.05) is 18.2 Å². The summed E-state index contributed by atoms with van der Waals surface area (Å²) in [5.74, 6) is 0.0224. The monoisotopic (exact) mass is 266 g/mol. The van der Waals surface area contributed by atoms with E-state index in [2.05, 4.69) is 9.97 Å². The van der Waals surface area contributed by atoms with Crippen molar-refractivity contribution >= 4 is 34.2 Å². The van der Waals surface area contributed by atoms with E-state index in [1.165, 1.54) is 11.3 Å². The third-order valence-electron chi connectivity index (χ3n) is 2.68. The molecule has 0 atom stereocenters. The largest absolute Gasteiger partial charge is 0.288 e. The first-order chi connectivity index (χ1) is 9.33. The first-order valence-electron chi connectivity index (χ1n) is 5.79. The second-order valence-electron chi connectivity index (χ2n) is 3.98. The molecule has 4 heteroatoms. The topological polar surface area (TPSA) is 42.9 Å². The van der Waals surface area contributed by atoms with Crippen molar-refractivity contribution in [2.75, 3.05) is 0 Å². The fourth-order valence-electron chi connectivity index (χ4n) is 1.76. The highest BCUT2D eigenvalue weighted by atomic mass is 32.1. The van der Waals surface area contributed by atoms with Gasteiger partial charge in [0.15, 0.2) is 5.78 Å². The SMILES string of the molecule is O=C(/C=C/c1ccc2nccnc2c1)c1cccs1. The molecule has 0 aliphatic carbocycles. The van der Waals surface area contributed by atoms with Crippen LogP contribution >= 0.6 is 11.3 Å². The highest BCUT2D eigenvalue weighted by Crippen LogP contribution is 2.14. The summed E-state index contributed by atoms with van der Waals surface area (Å²) >= 11 is 1.45. The molecular formula is C15H10N2OS. The van der Waals surface area contributed by atoms with Gasteiger partial charge in [-0.05, 0) is 35.2 Å². The Bertz CT molecular complexity index is 748. The molecule has 0 spiro atoms. The molecule has 0 unspecified atom stereocenters. The number of nitrogens with zero attached hydrogens (tertiary/aromatic N) is 2. The minimum Gasteiger partial charge on any atom is -0.288 e. The molecule has 0 aliphatic rings. The summed E-state index contributed by atoms with van der Waals surface area (Å²) in [6.45, 7) is 0. The van der Waals surface area contributed by atoms with Gasteiger partial charge in [-0.2, -0.15) is 0 Å². The predicted molar refractivity (Wildman–Crippen MR) is 77.2 cm³/mol. The number of rotatable bonds is 3. The highest BCUT2D eigenvalue weighted by molar-refractivity contribution is 7.12. The van der Waals surface area contributed by atoms with Crippen LogP contribution in [0.5, 0.6) is 0 Å². The molecule has 0 aliphatic heterocycles. The zero-order valence-corrected chi connectivity index (χ0v) is 10.8. The maximum atomic E-state index is 11.8. The molecular weight excluding hydrogens is 256 g/mol. The van der Waals surface area contributed by atoms with Gasteiger partial charge in [0.1, 0.15) is 0 Å². The van der Waals surface area contributed by atoms with Crippen molar-refractivity contribution in [2.45, 2.75) is 0 Å². The smallest absolute Gasteiger partial charge is 0.195 e. The van der Waals surface area contributed by atoms with E-state index in [0.29, 0.717) is 0 Å². The predicted octanol–water partition coefficient (Wildman–Crippen LogP) is 3.59. The molecule has 0 bridgehead atoms. The van der Waals surface area contributed by atoms with Crippen LogP contribution in [0.3, 0.4) is 0 Å². The third-order valence-corrected chi connectivity index (χ3v) is 3.57. The number of thiophene rings is 1. The Kier molecular flexibility index (Phi) is 3.16. The molecule has 19 heavy (non-hydrogen) atoms. The molecule has 3 rings (SSSR count). The first kappa shape index (κ1) is 11.7. The maximum absolute atomic E-state index is 11.8. The summed E-state index contributed by atoms with van der Waals surface area (Å²) in [6.07, 6.45) is 6.71. The van der Waals surface area contributed by atoms with Gasteiger partial charge < -0.3 is 0 Å². The average Bonchev–Trinajstić information content (AvgIpc) is 2.99. The first-order valence-corrected chi connectivity index (χ1v) is 6.67. The van der Waals surface area contributed by atoms with Crippen LogP contribution in [0.4, 0.5) is 0 Å². The van der Waals surface area contributed by atoms with Crippen molar-refractivity contribution in [1.29, 1.82) is 0 Å². The minimum absolute atomic E-state index is 0.0224. The molecule has 3 aromatic rings. The lowest BCUT2D eigenvalue weighted by Crippen LogP contribution is -1.89. The number of hydrogen-bond acceptors (Lipinski definition) is 4. The molecule has 0 fully saturated rings. The number of benzene rings is 1. The van der Waals surface area contributed by atoms with Crippen LogP contribution in [0.1, 0.15) is 15.2 Å². The van der Waals surface area contributed by atoms with Gasteiger partial charge in [-0.15, -0.1) is 11.3 Å². The molecule has 0 N–H and O–H groups in total. The van der Waals surface area contributed by atoms with Gasteiger partial charge >= 0.3 is 0 Å². The van der Waals surface area contributed by atoms with Crippen LogP contribution < -0.4 is 0 Å². The van der Waals surface area contributed by atoms with Crippen molar-refractivity contribution < 1.29 is 4.79 Å². The van der Waals surface area contributed by atoms with Crippen molar-refractivity contribution in [3.8, 4) is 0 Å². The van der Waals surface area contributed by atoms with Crippen LogP contribution in [0.25, 0.3) is 17.1 Å². The molecule has 0 saturated carbocycles. The van der Waals surface area contributed by atoms with Crippen molar-refractivity contribution in [2.24, 2.45) is 0 Å². The van der Waals surface area contributed by atoms with E-state index in [1.54, 1.807) is 24.5 Å². The molecule has 1 aromatic carbocycles. The molecule has 92 valence electrons. The summed E-state index contributed by atoms with van der Waals surface area (Å²) in [5.41, 5.74) is 2.62. The number of hydrogen-bond donors (Lipinski definition) is 0. The Labute approximate surface area is 114 Å². The second kappa shape index (κ2) is 5.12. The van der Waals surface area contributed by atoms with E-state index in [0.717, 1.165) is 21.5 Å². The van der Waals surface area contributed by atoms with Crippen LogP contribution in [0.15, 0.2) is 54.2 Å².